The van der Waals surface area contributed by atoms with E-state index in [1.165, 1.54) is 0 Å². The van der Waals surface area contributed by atoms with E-state index in [1.54, 1.807) is 0 Å². The minimum atomic E-state index is -1.45. The van der Waals surface area contributed by atoms with Crippen LogP contribution in [-0.4, -0.2) is 59.3 Å². The van der Waals surface area contributed by atoms with Gasteiger partial charge in [-0.25, -0.2) is 9.59 Å². The van der Waals surface area contributed by atoms with Gasteiger partial charge in [0.25, 0.3) is 0 Å². The Bertz CT molecular complexity index is 1390. The van der Waals surface area contributed by atoms with Crippen LogP contribution < -0.4 is 10.6 Å². The molecule has 2 atom stereocenters. The highest BCUT2D eigenvalue weighted by molar-refractivity contribution is 5.92. The van der Waals surface area contributed by atoms with E-state index in [4.69, 9.17) is 4.74 Å². The molecule has 3 aromatic carbocycles. The van der Waals surface area contributed by atoms with Crippen LogP contribution in [0.25, 0.3) is 11.1 Å². The zero-order chi connectivity index (χ0) is 29.2. The van der Waals surface area contributed by atoms with Crippen molar-refractivity contribution in [1.29, 1.82) is 0 Å². The molecule has 1 fully saturated rings. The summed E-state index contributed by atoms with van der Waals surface area (Å²) in [5.41, 5.74) is 3.37. The van der Waals surface area contributed by atoms with Gasteiger partial charge in [0.2, 0.25) is 5.91 Å². The van der Waals surface area contributed by atoms with Crippen LogP contribution in [0, 0.1) is 5.41 Å². The Hall–Kier alpha value is -4.17. The highest BCUT2D eigenvalue weighted by Crippen LogP contribution is 2.44. The molecule has 1 saturated heterocycles. The number of carboxylic acids is 1. The first-order valence-corrected chi connectivity index (χ1v) is 14.0. The van der Waals surface area contributed by atoms with Gasteiger partial charge in [-0.05, 0) is 39.7 Å². The number of ether oxygens (including phenoxy) is 1. The van der Waals surface area contributed by atoms with E-state index in [0.717, 1.165) is 27.8 Å². The summed E-state index contributed by atoms with van der Waals surface area (Å²) < 4.78 is 5.69. The van der Waals surface area contributed by atoms with Gasteiger partial charge >= 0.3 is 12.1 Å². The molecule has 1 heterocycles. The Morgan fingerprint density at radius 2 is 1.54 bits per heavy atom. The van der Waals surface area contributed by atoms with Crippen LogP contribution in [0.4, 0.5) is 4.79 Å². The van der Waals surface area contributed by atoms with Crippen molar-refractivity contribution >= 4 is 18.0 Å². The quantitative estimate of drug-likeness (QED) is 0.369. The second kappa shape index (κ2) is 11.4. The van der Waals surface area contributed by atoms with Crippen molar-refractivity contribution < 1.29 is 24.2 Å². The van der Waals surface area contributed by atoms with Crippen molar-refractivity contribution in [1.82, 2.24) is 15.5 Å². The molecule has 2 aliphatic rings. The second-order valence-electron chi connectivity index (χ2n) is 12.1. The number of aliphatic carboxylic acids is 1. The largest absolute Gasteiger partial charge is 0.479 e. The maximum Gasteiger partial charge on any atom is 0.407 e. The van der Waals surface area contributed by atoms with Crippen LogP contribution in [0.5, 0.6) is 0 Å². The smallest absolute Gasteiger partial charge is 0.407 e. The molecule has 1 aliphatic heterocycles. The van der Waals surface area contributed by atoms with Crippen LogP contribution in [0.15, 0.2) is 78.9 Å². The number of carbonyl (C=O) groups excluding carboxylic acids is 2. The Morgan fingerprint density at radius 1 is 0.951 bits per heavy atom. The zero-order valence-corrected chi connectivity index (χ0v) is 23.7. The molecular weight excluding hydrogens is 518 g/mol. The molecule has 41 heavy (non-hydrogen) atoms. The molecule has 3 N–H and O–H groups in total. The van der Waals surface area contributed by atoms with Crippen molar-refractivity contribution in [3.05, 3.63) is 95.6 Å². The van der Waals surface area contributed by atoms with Gasteiger partial charge in [-0.2, -0.15) is 0 Å². The van der Waals surface area contributed by atoms with Gasteiger partial charge < -0.3 is 20.5 Å². The van der Waals surface area contributed by atoms with E-state index in [-0.39, 0.29) is 25.5 Å². The van der Waals surface area contributed by atoms with Gasteiger partial charge in [0, 0.05) is 25.6 Å². The molecular formula is C33H37N3O5. The highest BCUT2D eigenvalue weighted by Gasteiger charge is 2.48. The number of benzene rings is 3. The lowest BCUT2D eigenvalue weighted by Gasteiger charge is -2.34. The third-order valence-corrected chi connectivity index (χ3v) is 8.10. The van der Waals surface area contributed by atoms with E-state index in [2.05, 4.69) is 22.8 Å². The molecule has 8 heteroatoms. The molecule has 5 rings (SSSR count). The minimum absolute atomic E-state index is 0.112. The molecule has 0 aromatic heterocycles. The average molecular weight is 556 g/mol. The molecule has 0 spiro atoms. The molecule has 1 aliphatic carbocycles. The van der Waals surface area contributed by atoms with Crippen LogP contribution in [-0.2, 0) is 20.9 Å². The lowest BCUT2D eigenvalue weighted by Crippen LogP contribution is -2.63. The minimum Gasteiger partial charge on any atom is -0.479 e. The van der Waals surface area contributed by atoms with E-state index >= 15 is 0 Å². The number of nitrogens with zero attached hydrogens (tertiary/aromatic N) is 1. The fourth-order valence-corrected chi connectivity index (χ4v) is 5.94. The monoisotopic (exact) mass is 555 g/mol. The molecule has 0 saturated carbocycles. The third-order valence-electron chi connectivity index (χ3n) is 8.10. The van der Waals surface area contributed by atoms with Crippen LogP contribution in [0.2, 0.25) is 0 Å². The van der Waals surface area contributed by atoms with Gasteiger partial charge in [-0.3, -0.25) is 9.69 Å². The van der Waals surface area contributed by atoms with E-state index in [1.807, 2.05) is 92.4 Å². The predicted molar refractivity (Wildman–Crippen MR) is 156 cm³/mol. The normalized spacial score (nSPS) is 19.2. The summed E-state index contributed by atoms with van der Waals surface area (Å²) in [4.78, 5) is 41.1. The van der Waals surface area contributed by atoms with Gasteiger partial charge in [-0.15, -0.1) is 0 Å². The number of likely N-dealkylation sites (tertiary alicyclic amines) is 1. The van der Waals surface area contributed by atoms with Crippen LogP contribution in [0.1, 0.15) is 49.8 Å². The topological polar surface area (TPSA) is 108 Å². The molecule has 214 valence electrons. The Labute approximate surface area is 240 Å². The van der Waals surface area contributed by atoms with Gasteiger partial charge in [0.15, 0.2) is 5.54 Å². The van der Waals surface area contributed by atoms with E-state index < -0.39 is 35.0 Å². The summed E-state index contributed by atoms with van der Waals surface area (Å²) in [6, 6.07) is 25.0. The van der Waals surface area contributed by atoms with Crippen molar-refractivity contribution in [2.75, 3.05) is 19.7 Å². The van der Waals surface area contributed by atoms with Crippen LogP contribution in [0.3, 0.4) is 0 Å². The third kappa shape index (κ3) is 5.98. The first kappa shape index (κ1) is 28.4. The fraction of sp³-hybridized carbons (Fsp3) is 0.364. The summed E-state index contributed by atoms with van der Waals surface area (Å²) in [5.74, 6) is -1.75. The van der Waals surface area contributed by atoms with Crippen molar-refractivity contribution in [2.24, 2.45) is 5.41 Å². The van der Waals surface area contributed by atoms with E-state index in [9.17, 15) is 19.5 Å². The lowest BCUT2D eigenvalue weighted by atomic mass is 9.85. The fourth-order valence-electron chi connectivity index (χ4n) is 5.94. The first-order valence-electron chi connectivity index (χ1n) is 14.0. The predicted octanol–water partition coefficient (Wildman–Crippen LogP) is 4.79. The first-order chi connectivity index (χ1) is 19.6. The lowest BCUT2D eigenvalue weighted by molar-refractivity contribution is -0.147. The zero-order valence-electron chi connectivity index (χ0n) is 23.7. The van der Waals surface area contributed by atoms with Gasteiger partial charge in [0.05, 0.1) is 0 Å². The number of rotatable bonds is 8. The second-order valence-corrected chi connectivity index (χ2v) is 12.1. The number of nitrogens with one attached hydrogen (secondary N) is 2. The van der Waals surface area contributed by atoms with Gasteiger partial charge in [-0.1, -0.05) is 99.6 Å². The molecule has 0 bridgehead atoms. The van der Waals surface area contributed by atoms with Crippen molar-refractivity contribution in [2.45, 2.75) is 51.2 Å². The molecule has 0 radical (unpaired) electrons. The summed E-state index contributed by atoms with van der Waals surface area (Å²) in [5, 5.41) is 15.7. The number of fused-ring (bicyclic) bond motifs is 3. The van der Waals surface area contributed by atoms with E-state index in [0.29, 0.717) is 13.1 Å². The Morgan fingerprint density at radius 3 is 2.12 bits per heavy atom. The highest BCUT2D eigenvalue weighted by atomic mass is 16.5. The van der Waals surface area contributed by atoms with Gasteiger partial charge in [0.1, 0.15) is 12.6 Å². The standard InChI is InChI=1S/C33H37N3O5/c1-32(2,3)28(29(37)35-33(30(38)39)17-18-36(21-33)19-22-11-5-4-6-12-22)34-31(40)41-20-27-25-15-9-7-13-23(25)24-14-8-10-16-26(24)27/h4-16,27-28H,17-21H2,1-3H3,(H,34,40)(H,35,37)(H,38,39)/t28-,33?/m0/s1. The molecule has 8 nitrogen and oxygen atoms in total. The Balaban J connectivity index is 1.25. The summed E-state index contributed by atoms with van der Waals surface area (Å²) >= 11 is 0. The number of hydrogen-bond acceptors (Lipinski definition) is 5. The SMILES string of the molecule is CC(C)(C)[C@@H](NC(=O)OCC1c2ccccc2-c2ccccc21)C(=O)NC1(C(=O)O)CCN(Cc2ccccc2)C1. The van der Waals surface area contributed by atoms with Crippen LogP contribution >= 0.6 is 0 Å². The Kier molecular flexibility index (Phi) is 7.87. The molecule has 1 unspecified atom stereocenters. The number of amides is 2. The maximum absolute atomic E-state index is 13.6. The van der Waals surface area contributed by atoms with Crippen molar-refractivity contribution in [3.8, 4) is 11.1 Å². The number of hydrogen-bond donors (Lipinski definition) is 3. The molecule has 2 amide bonds. The number of alkyl carbamates (subject to hydrolysis) is 1. The maximum atomic E-state index is 13.6. The summed E-state index contributed by atoms with van der Waals surface area (Å²) in [6.07, 6.45) is -0.452. The summed E-state index contributed by atoms with van der Waals surface area (Å²) in [7, 11) is 0. The number of carboxylic acid groups (broad SMARTS) is 1. The molecule has 3 aromatic rings. The van der Waals surface area contributed by atoms with Crippen molar-refractivity contribution in [3.63, 3.8) is 0 Å². The number of carbonyl (C=O) groups is 3. The summed E-state index contributed by atoms with van der Waals surface area (Å²) in [6.45, 7) is 6.88. The average Bonchev–Trinajstić information content (AvgIpc) is 3.50.